The number of nitrogens with zero attached hydrogens (tertiary/aromatic N) is 2. The molecule has 2 aromatic carbocycles. The molecule has 0 saturated carbocycles. The van der Waals surface area contributed by atoms with E-state index >= 15 is 0 Å². The van der Waals surface area contributed by atoms with Gasteiger partial charge in [0, 0.05) is 45.1 Å². The summed E-state index contributed by atoms with van der Waals surface area (Å²) in [7, 11) is 0. The fourth-order valence-corrected chi connectivity index (χ4v) is 4.18. The van der Waals surface area contributed by atoms with Crippen molar-refractivity contribution in [1.29, 1.82) is 0 Å². The number of benzene rings is 2. The Morgan fingerprint density at radius 2 is 1.72 bits per heavy atom. The lowest BCUT2D eigenvalue weighted by Crippen LogP contribution is -2.41. The van der Waals surface area contributed by atoms with E-state index in [-0.39, 0.29) is 0 Å². The highest BCUT2D eigenvalue weighted by molar-refractivity contribution is 5.85. The molecule has 1 N–H and O–H groups in total. The quantitative estimate of drug-likeness (QED) is 0.810. The van der Waals surface area contributed by atoms with Crippen molar-refractivity contribution < 1.29 is 9.57 Å². The molecular weight excluding hydrogens is 362 g/mol. The van der Waals surface area contributed by atoms with E-state index in [1.165, 1.54) is 29.8 Å². The van der Waals surface area contributed by atoms with Crippen LogP contribution in [0.2, 0.25) is 0 Å². The van der Waals surface area contributed by atoms with Crippen LogP contribution in [0, 0.1) is 0 Å². The zero-order valence-corrected chi connectivity index (χ0v) is 17.1. The van der Waals surface area contributed by atoms with Crippen molar-refractivity contribution in [3.63, 3.8) is 0 Å². The predicted molar refractivity (Wildman–Crippen MR) is 116 cm³/mol. The number of hydrogen-bond donors (Lipinski definition) is 1. The fraction of sp³-hybridized carbons (Fsp3) is 0.458. The van der Waals surface area contributed by atoms with E-state index in [4.69, 9.17) is 9.57 Å². The van der Waals surface area contributed by atoms with Crippen molar-refractivity contribution >= 4 is 5.71 Å². The van der Waals surface area contributed by atoms with E-state index in [2.05, 4.69) is 51.8 Å². The molecular formula is C24H31N3O2. The minimum atomic E-state index is 0.479. The standard InChI is InChI=1S/C20H22N2O.C4H9NO/c1-2-6-16(7-3-1)15-23-21-18-11-13-22-12-10-17-8-4-5-9-19(17)20(22)14-18;1-3-6-4-2-5-1/h1-9,20H,10-15H2;5H,1-4H2. The Morgan fingerprint density at radius 1 is 0.966 bits per heavy atom. The summed E-state index contributed by atoms with van der Waals surface area (Å²) >= 11 is 0. The smallest absolute Gasteiger partial charge is 0.142 e. The van der Waals surface area contributed by atoms with Gasteiger partial charge in [0.1, 0.15) is 6.61 Å². The molecule has 2 fully saturated rings. The monoisotopic (exact) mass is 393 g/mol. The minimum absolute atomic E-state index is 0.479. The molecule has 5 heteroatoms. The van der Waals surface area contributed by atoms with Crippen LogP contribution in [0.15, 0.2) is 59.8 Å². The van der Waals surface area contributed by atoms with Gasteiger partial charge in [0.25, 0.3) is 0 Å². The van der Waals surface area contributed by atoms with Crippen molar-refractivity contribution in [2.75, 3.05) is 39.4 Å². The molecule has 1 atom stereocenters. The lowest BCUT2D eigenvalue weighted by molar-refractivity contribution is 0.109. The Kier molecular flexibility index (Phi) is 7.29. The predicted octanol–water partition coefficient (Wildman–Crippen LogP) is 3.56. The largest absolute Gasteiger partial charge is 0.391 e. The summed E-state index contributed by atoms with van der Waals surface area (Å²) in [6.45, 7) is 6.64. The maximum absolute atomic E-state index is 5.60. The second-order valence-electron chi connectivity index (χ2n) is 7.73. The zero-order valence-electron chi connectivity index (χ0n) is 17.1. The number of oxime groups is 1. The molecule has 0 amide bonds. The Balaban J connectivity index is 0.000000294. The lowest BCUT2D eigenvalue weighted by atomic mass is 9.86. The van der Waals surface area contributed by atoms with Gasteiger partial charge in [-0.25, -0.2) is 0 Å². The first-order valence-corrected chi connectivity index (χ1v) is 10.7. The molecule has 2 aromatic rings. The molecule has 29 heavy (non-hydrogen) atoms. The molecule has 0 spiro atoms. The first-order valence-electron chi connectivity index (χ1n) is 10.7. The zero-order chi connectivity index (χ0) is 19.7. The van der Waals surface area contributed by atoms with Gasteiger partial charge in [-0.2, -0.15) is 0 Å². The third-order valence-electron chi connectivity index (χ3n) is 5.75. The molecule has 2 saturated heterocycles. The number of nitrogens with one attached hydrogen (secondary N) is 1. The minimum Gasteiger partial charge on any atom is -0.391 e. The second kappa shape index (κ2) is 10.5. The van der Waals surface area contributed by atoms with Crippen molar-refractivity contribution in [2.24, 2.45) is 5.16 Å². The van der Waals surface area contributed by atoms with Crippen molar-refractivity contribution in [2.45, 2.75) is 31.9 Å². The molecule has 5 rings (SSSR count). The summed E-state index contributed by atoms with van der Waals surface area (Å²) in [5.74, 6) is 0. The van der Waals surface area contributed by atoms with Crippen LogP contribution in [0.25, 0.3) is 0 Å². The fourth-order valence-electron chi connectivity index (χ4n) is 4.18. The molecule has 3 aliphatic heterocycles. The molecule has 3 heterocycles. The van der Waals surface area contributed by atoms with E-state index in [0.29, 0.717) is 12.6 Å². The van der Waals surface area contributed by atoms with Gasteiger partial charge in [-0.3, -0.25) is 4.90 Å². The summed E-state index contributed by atoms with van der Waals surface area (Å²) in [6, 6.07) is 19.5. The number of morpholine rings is 1. The number of fused-ring (bicyclic) bond motifs is 3. The van der Waals surface area contributed by atoms with Crippen molar-refractivity contribution in [3.8, 4) is 0 Å². The summed E-state index contributed by atoms with van der Waals surface area (Å²) in [5.41, 5.74) is 5.34. The maximum atomic E-state index is 5.60. The highest BCUT2D eigenvalue weighted by atomic mass is 16.6. The van der Waals surface area contributed by atoms with Crippen molar-refractivity contribution in [3.05, 3.63) is 71.3 Å². The molecule has 0 aliphatic carbocycles. The lowest BCUT2D eigenvalue weighted by Gasteiger charge is -2.40. The van der Waals surface area contributed by atoms with E-state index < -0.39 is 0 Å². The molecule has 0 bridgehead atoms. The molecule has 3 aliphatic rings. The van der Waals surface area contributed by atoms with E-state index in [0.717, 1.165) is 51.3 Å². The van der Waals surface area contributed by atoms with Gasteiger partial charge in [0.05, 0.1) is 18.9 Å². The van der Waals surface area contributed by atoms with Crippen molar-refractivity contribution in [1.82, 2.24) is 10.2 Å². The Labute approximate surface area is 173 Å². The Hall–Kier alpha value is -2.21. The van der Waals surface area contributed by atoms with Gasteiger partial charge in [-0.05, 0) is 23.1 Å². The number of hydrogen-bond acceptors (Lipinski definition) is 5. The average molecular weight is 394 g/mol. The molecule has 154 valence electrons. The maximum Gasteiger partial charge on any atom is 0.142 e. The van der Waals surface area contributed by atoms with Crippen LogP contribution in [0.5, 0.6) is 0 Å². The normalized spacial score (nSPS) is 22.8. The third kappa shape index (κ3) is 5.66. The Bertz CT molecular complexity index is 778. The van der Waals surface area contributed by atoms with Gasteiger partial charge >= 0.3 is 0 Å². The highest BCUT2D eigenvalue weighted by Gasteiger charge is 2.31. The van der Waals surface area contributed by atoms with Gasteiger partial charge in [-0.15, -0.1) is 0 Å². The summed E-state index contributed by atoms with van der Waals surface area (Å²) in [6.07, 6.45) is 3.18. The van der Waals surface area contributed by atoms with Crippen LogP contribution >= 0.6 is 0 Å². The van der Waals surface area contributed by atoms with Crippen LogP contribution in [0.4, 0.5) is 0 Å². The van der Waals surface area contributed by atoms with E-state index in [9.17, 15) is 0 Å². The molecule has 0 radical (unpaired) electrons. The van der Waals surface area contributed by atoms with Gasteiger partial charge in [0.15, 0.2) is 0 Å². The van der Waals surface area contributed by atoms with Gasteiger partial charge in [-0.1, -0.05) is 59.8 Å². The van der Waals surface area contributed by atoms with Crippen LogP contribution in [-0.2, 0) is 22.6 Å². The number of piperidine rings is 1. The second-order valence-corrected chi connectivity index (χ2v) is 7.73. The average Bonchev–Trinajstić information content (AvgIpc) is 2.81. The number of ether oxygens (including phenoxy) is 1. The topological polar surface area (TPSA) is 46.1 Å². The van der Waals surface area contributed by atoms with E-state index in [1.807, 2.05) is 18.2 Å². The highest BCUT2D eigenvalue weighted by Crippen LogP contribution is 2.35. The molecule has 0 aromatic heterocycles. The van der Waals surface area contributed by atoms with Crippen LogP contribution in [0.1, 0.15) is 35.6 Å². The Morgan fingerprint density at radius 3 is 2.48 bits per heavy atom. The van der Waals surface area contributed by atoms with Crippen LogP contribution in [0.3, 0.4) is 0 Å². The van der Waals surface area contributed by atoms with Gasteiger partial charge in [0.2, 0.25) is 0 Å². The molecule has 5 nitrogen and oxygen atoms in total. The van der Waals surface area contributed by atoms with Crippen LogP contribution < -0.4 is 5.32 Å². The number of rotatable bonds is 3. The van der Waals surface area contributed by atoms with Crippen LogP contribution in [-0.4, -0.2) is 50.0 Å². The summed E-state index contributed by atoms with van der Waals surface area (Å²) in [5, 5.41) is 7.59. The first-order chi connectivity index (χ1) is 14.4. The summed E-state index contributed by atoms with van der Waals surface area (Å²) in [4.78, 5) is 8.19. The van der Waals surface area contributed by atoms with E-state index in [1.54, 1.807) is 0 Å². The third-order valence-corrected chi connectivity index (χ3v) is 5.75. The summed E-state index contributed by atoms with van der Waals surface area (Å²) < 4.78 is 5.01. The first kappa shape index (κ1) is 20.1. The molecule has 1 unspecified atom stereocenters. The SMILES string of the molecule is C1COCCN1.c1ccc(CON=C2CCN3CCc4ccccc4C3C2)cc1. The van der Waals surface area contributed by atoms with Gasteiger partial charge < -0.3 is 14.9 Å².